The summed E-state index contributed by atoms with van der Waals surface area (Å²) in [5.41, 5.74) is 1.79. The van der Waals surface area contributed by atoms with Crippen LogP contribution in [-0.4, -0.2) is 11.0 Å². The summed E-state index contributed by atoms with van der Waals surface area (Å²) in [5, 5.41) is 7.06. The second-order valence-corrected chi connectivity index (χ2v) is 7.11. The van der Waals surface area contributed by atoms with Crippen molar-refractivity contribution in [1.82, 2.24) is 10.6 Å². The number of benzene rings is 2. The van der Waals surface area contributed by atoms with E-state index in [1.165, 1.54) is 6.08 Å². The lowest BCUT2D eigenvalue weighted by Gasteiger charge is -2.06. The topological polar surface area (TPSA) is 54.3 Å². The summed E-state index contributed by atoms with van der Waals surface area (Å²) in [6.45, 7) is 0.355. The molecule has 0 bridgehead atoms. The van der Waals surface area contributed by atoms with Gasteiger partial charge in [-0.05, 0) is 72.4 Å². The van der Waals surface area contributed by atoms with Crippen LogP contribution in [0.25, 0.3) is 17.4 Å². The summed E-state index contributed by atoms with van der Waals surface area (Å²) in [5.74, 6) is 1.10. The molecular weight excluding hydrogens is 415 g/mol. The molecule has 2 N–H and O–H groups in total. The van der Waals surface area contributed by atoms with E-state index in [-0.39, 0.29) is 11.0 Å². The Bertz CT molecular complexity index is 996. The maximum absolute atomic E-state index is 11.9. The normalized spacial score (nSPS) is 10.8. The van der Waals surface area contributed by atoms with Gasteiger partial charge in [0.2, 0.25) is 5.91 Å². The van der Waals surface area contributed by atoms with Crippen LogP contribution in [0, 0.1) is 0 Å². The van der Waals surface area contributed by atoms with Gasteiger partial charge >= 0.3 is 0 Å². The van der Waals surface area contributed by atoms with Crippen LogP contribution in [-0.2, 0) is 11.3 Å². The first-order valence-electron chi connectivity index (χ1n) is 8.37. The number of halogens is 2. The third-order valence-corrected chi connectivity index (χ3v) is 4.50. The van der Waals surface area contributed by atoms with Gasteiger partial charge in [0.05, 0.1) is 6.54 Å². The van der Waals surface area contributed by atoms with E-state index in [0.717, 1.165) is 16.9 Å². The summed E-state index contributed by atoms with van der Waals surface area (Å²) in [6, 6.07) is 18.2. The van der Waals surface area contributed by atoms with Gasteiger partial charge in [-0.15, -0.1) is 0 Å². The molecule has 142 valence electrons. The van der Waals surface area contributed by atoms with Gasteiger partial charge in [0, 0.05) is 21.7 Å². The number of thiocarbonyl (C=S) groups is 1. The number of carbonyl (C=O) groups is 1. The Morgan fingerprint density at radius 1 is 0.964 bits per heavy atom. The molecule has 0 aliphatic heterocycles. The number of hydrogen-bond donors (Lipinski definition) is 2. The molecule has 4 nitrogen and oxygen atoms in total. The van der Waals surface area contributed by atoms with E-state index in [2.05, 4.69) is 10.6 Å². The zero-order chi connectivity index (χ0) is 19.9. The predicted molar refractivity (Wildman–Crippen MR) is 117 cm³/mol. The third kappa shape index (κ3) is 5.96. The van der Waals surface area contributed by atoms with E-state index in [9.17, 15) is 4.79 Å². The zero-order valence-electron chi connectivity index (χ0n) is 14.6. The van der Waals surface area contributed by atoms with Crippen LogP contribution in [0.5, 0.6) is 0 Å². The minimum Gasteiger partial charge on any atom is -0.459 e. The van der Waals surface area contributed by atoms with Gasteiger partial charge in [-0.2, -0.15) is 0 Å². The standard InChI is InChI=1S/C21H16Cl2N2O2S/c22-16-6-1-14(2-7-16)3-12-20(26)25-21(28)24-13-18-10-11-19(27-18)15-4-8-17(23)9-5-15/h1-12H,13H2,(H2,24,25,26,28)/b12-3+. The Morgan fingerprint density at radius 2 is 1.61 bits per heavy atom. The van der Waals surface area contributed by atoms with E-state index < -0.39 is 0 Å². The van der Waals surface area contributed by atoms with Crippen LogP contribution in [0.3, 0.4) is 0 Å². The van der Waals surface area contributed by atoms with Crippen LogP contribution < -0.4 is 10.6 Å². The fourth-order valence-electron chi connectivity index (χ4n) is 2.35. The fourth-order valence-corrected chi connectivity index (χ4v) is 2.78. The average Bonchev–Trinajstić information content (AvgIpc) is 3.15. The highest BCUT2D eigenvalue weighted by atomic mass is 35.5. The van der Waals surface area contributed by atoms with Gasteiger partial charge in [0.15, 0.2) is 5.11 Å². The summed E-state index contributed by atoms with van der Waals surface area (Å²) >= 11 is 16.9. The van der Waals surface area contributed by atoms with Crippen LogP contribution in [0.15, 0.2) is 71.2 Å². The first-order chi connectivity index (χ1) is 13.5. The number of furan rings is 1. The average molecular weight is 431 g/mol. The second-order valence-electron chi connectivity index (χ2n) is 5.83. The van der Waals surface area contributed by atoms with Crippen molar-refractivity contribution >= 4 is 52.5 Å². The molecule has 28 heavy (non-hydrogen) atoms. The lowest BCUT2D eigenvalue weighted by atomic mass is 10.2. The van der Waals surface area contributed by atoms with Crippen LogP contribution in [0.1, 0.15) is 11.3 Å². The van der Waals surface area contributed by atoms with E-state index in [1.54, 1.807) is 30.3 Å². The molecule has 2 aromatic carbocycles. The molecule has 1 heterocycles. The van der Waals surface area contributed by atoms with E-state index >= 15 is 0 Å². The van der Waals surface area contributed by atoms with Gasteiger partial charge in [0.25, 0.3) is 0 Å². The van der Waals surface area contributed by atoms with Crippen LogP contribution in [0.2, 0.25) is 10.0 Å². The first kappa shape index (κ1) is 20.1. The van der Waals surface area contributed by atoms with Gasteiger partial charge in [-0.25, -0.2) is 0 Å². The summed E-state index contributed by atoms with van der Waals surface area (Å²) in [6.07, 6.45) is 3.09. The Labute approximate surface area is 178 Å². The molecule has 0 radical (unpaired) electrons. The Hall–Kier alpha value is -2.60. The Kier molecular flexibility index (Phi) is 6.87. The van der Waals surface area contributed by atoms with Crippen molar-refractivity contribution in [3.8, 4) is 11.3 Å². The largest absolute Gasteiger partial charge is 0.459 e. The maximum atomic E-state index is 11.9. The van der Waals surface area contributed by atoms with E-state index in [1.807, 2.05) is 36.4 Å². The van der Waals surface area contributed by atoms with Crippen molar-refractivity contribution in [3.05, 3.63) is 88.1 Å². The Morgan fingerprint density at radius 3 is 2.29 bits per heavy atom. The number of hydrogen-bond acceptors (Lipinski definition) is 3. The number of nitrogens with one attached hydrogen (secondary N) is 2. The summed E-state index contributed by atoms with van der Waals surface area (Å²) < 4.78 is 5.78. The Balaban J connectivity index is 1.48. The second kappa shape index (κ2) is 9.55. The minimum atomic E-state index is -0.325. The molecule has 0 saturated heterocycles. The highest BCUT2D eigenvalue weighted by molar-refractivity contribution is 7.80. The molecule has 7 heteroatoms. The van der Waals surface area contributed by atoms with Crippen molar-refractivity contribution in [2.45, 2.75) is 6.54 Å². The third-order valence-electron chi connectivity index (χ3n) is 3.75. The molecule has 0 saturated carbocycles. The van der Waals surface area contributed by atoms with E-state index in [0.29, 0.717) is 22.4 Å². The molecule has 1 amide bonds. The molecule has 3 rings (SSSR count). The molecule has 1 aromatic heterocycles. The molecular formula is C21H16Cl2N2O2S. The van der Waals surface area contributed by atoms with E-state index in [4.69, 9.17) is 39.8 Å². The molecule has 0 spiro atoms. The zero-order valence-corrected chi connectivity index (χ0v) is 16.9. The minimum absolute atomic E-state index is 0.218. The number of carbonyl (C=O) groups excluding carboxylic acids is 1. The molecule has 0 aliphatic rings. The smallest absolute Gasteiger partial charge is 0.250 e. The lowest BCUT2D eigenvalue weighted by molar-refractivity contribution is -0.115. The highest BCUT2D eigenvalue weighted by Crippen LogP contribution is 2.23. The van der Waals surface area contributed by atoms with Crippen LogP contribution in [0.4, 0.5) is 0 Å². The highest BCUT2D eigenvalue weighted by Gasteiger charge is 2.06. The van der Waals surface area contributed by atoms with Gasteiger partial charge in [0.1, 0.15) is 11.5 Å². The summed E-state index contributed by atoms with van der Waals surface area (Å²) in [4.78, 5) is 11.9. The molecule has 0 fully saturated rings. The lowest BCUT2D eigenvalue weighted by Crippen LogP contribution is -2.37. The van der Waals surface area contributed by atoms with Gasteiger partial charge < -0.3 is 9.73 Å². The molecule has 0 unspecified atom stereocenters. The van der Waals surface area contributed by atoms with Crippen molar-refractivity contribution < 1.29 is 9.21 Å². The van der Waals surface area contributed by atoms with Crippen molar-refractivity contribution in [2.24, 2.45) is 0 Å². The van der Waals surface area contributed by atoms with Gasteiger partial charge in [-0.3, -0.25) is 10.1 Å². The quantitative estimate of drug-likeness (QED) is 0.416. The van der Waals surface area contributed by atoms with Crippen LogP contribution >= 0.6 is 35.4 Å². The molecule has 0 aliphatic carbocycles. The van der Waals surface area contributed by atoms with Crippen molar-refractivity contribution in [1.29, 1.82) is 0 Å². The van der Waals surface area contributed by atoms with Crippen molar-refractivity contribution in [2.75, 3.05) is 0 Å². The fraction of sp³-hybridized carbons (Fsp3) is 0.0476. The first-order valence-corrected chi connectivity index (χ1v) is 9.53. The van der Waals surface area contributed by atoms with Crippen molar-refractivity contribution in [3.63, 3.8) is 0 Å². The van der Waals surface area contributed by atoms with Gasteiger partial charge in [-0.1, -0.05) is 35.3 Å². The maximum Gasteiger partial charge on any atom is 0.250 e. The monoisotopic (exact) mass is 430 g/mol. The number of rotatable bonds is 5. The molecule has 3 aromatic rings. The number of amides is 1. The predicted octanol–water partition coefficient (Wildman–Crippen LogP) is 5.46. The SMILES string of the molecule is O=C(/C=C/c1ccc(Cl)cc1)NC(=S)NCc1ccc(-c2ccc(Cl)cc2)o1. The molecule has 0 atom stereocenters. The summed E-state index contributed by atoms with van der Waals surface area (Å²) in [7, 11) is 0.